The molecule has 0 fully saturated rings. The molecule has 0 radical (unpaired) electrons. The summed E-state index contributed by atoms with van der Waals surface area (Å²) in [6, 6.07) is 14.5. The van der Waals surface area contributed by atoms with Crippen LogP contribution < -0.4 is 5.73 Å². The number of nitrogens with two attached hydrogens (primary N) is 1. The molecule has 4 aromatic rings. The Morgan fingerprint density at radius 3 is 2.69 bits per heavy atom. The fourth-order valence-electron chi connectivity index (χ4n) is 3.42. The summed E-state index contributed by atoms with van der Waals surface area (Å²) in [5.41, 5.74) is 13.1. The van der Waals surface area contributed by atoms with Crippen molar-refractivity contribution in [3.05, 3.63) is 71.0 Å². The van der Waals surface area contributed by atoms with Crippen LogP contribution in [0.3, 0.4) is 0 Å². The zero-order chi connectivity index (χ0) is 20.4. The van der Waals surface area contributed by atoms with E-state index in [1.807, 2.05) is 18.2 Å². The number of benzene rings is 2. The second-order valence-electron chi connectivity index (χ2n) is 7.43. The van der Waals surface area contributed by atoms with E-state index in [2.05, 4.69) is 82.5 Å². The van der Waals surface area contributed by atoms with Crippen LogP contribution in [0.1, 0.15) is 22.4 Å². The first-order chi connectivity index (χ1) is 14.0. The van der Waals surface area contributed by atoms with E-state index in [1.54, 1.807) is 6.20 Å². The number of nitrogen functional groups attached to an aromatic ring is 1. The minimum absolute atomic E-state index is 0.266. The number of rotatable bonds is 5. The Kier molecular flexibility index (Phi) is 5.10. The number of nitrogens with one attached hydrogen (secondary N) is 1. The largest absolute Gasteiger partial charge is 0.368 e. The molecule has 6 nitrogen and oxygen atoms in total. The second-order valence-corrected chi connectivity index (χ2v) is 7.43. The van der Waals surface area contributed by atoms with Crippen molar-refractivity contribution in [2.45, 2.75) is 13.5 Å². The number of nitrogens with zero attached hydrogens (tertiary/aromatic N) is 4. The summed E-state index contributed by atoms with van der Waals surface area (Å²) in [4.78, 5) is 10.4. The van der Waals surface area contributed by atoms with Gasteiger partial charge in [-0.05, 0) is 62.0 Å². The molecule has 2 aromatic heterocycles. The predicted octanol–water partition coefficient (Wildman–Crippen LogP) is 4.14. The quantitative estimate of drug-likeness (QED) is 0.540. The molecule has 0 atom stereocenters. The number of hydrogen-bond acceptors (Lipinski definition) is 5. The standard InChI is InChI=1S/C23H24N6/c1-15-12-16(14-29(2)3)4-5-17(15)7-9-21-19-8-6-18(13-22(19)28-27-21)20-10-11-25-23(24)26-20/h4-13H,14H2,1-3H3,(H,27,28)(H2,24,25,26). The van der Waals surface area contributed by atoms with Crippen LogP contribution in [0.5, 0.6) is 0 Å². The zero-order valence-corrected chi connectivity index (χ0v) is 16.8. The molecule has 6 heteroatoms. The van der Waals surface area contributed by atoms with Crippen molar-refractivity contribution in [3.63, 3.8) is 0 Å². The van der Waals surface area contributed by atoms with E-state index in [-0.39, 0.29) is 5.95 Å². The molecule has 2 aromatic carbocycles. The molecule has 0 aliphatic carbocycles. The van der Waals surface area contributed by atoms with Crippen molar-refractivity contribution in [3.8, 4) is 11.3 Å². The maximum Gasteiger partial charge on any atom is 0.220 e. The van der Waals surface area contributed by atoms with Gasteiger partial charge in [-0.15, -0.1) is 0 Å². The molecule has 0 saturated carbocycles. The average Bonchev–Trinajstić information content (AvgIpc) is 3.09. The summed E-state index contributed by atoms with van der Waals surface area (Å²) in [6.45, 7) is 3.08. The predicted molar refractivity (Wildman–Crippen MR) is 119 cm³/mol. The lowest BCUT2D eigenvalue weighted by Gasteiger charge is -2.11. The van der Waals surface area contributed by atoms with Crippen LogP contribution in [0.4, 0.5) is 5.95 Å². The van der Waals surface area contributed by atoms with Crippen molar-refractivity contribution in [1.29, 1.82) is 0 Å². The molecule has 4 rings (SSSR count). The van der Waals surface area contributed by atoms with Crippen LogP contribution in [-0.4, -0.2) is 39.2 Å². The van der Waals surface area contributed by atoms with Crippen molar-refractivity contribution < 1.29 is 0 Å². The van der Waals surface area contributed by atoms with Gasteiger partial charge in [-0.2, -0.15) is 5.10 Å². The number of anilines is 1. The number of aromatic amines is 1. The monoisotopic (exact) mass is 384 g/mol. The number of fused-ring (bicyclic) bond motifs is 1. The molecule has 0 spiro atoms. The second kappa shape index (κ2) is 7.85. The van der Waals surface area contributed by atoms with Gasteiger partial charge < -0.3 is 10.6 Å². The van der Waals surface area contributed by atoms with Crippen molar-refractivity contribution in [2.24, 2.45) is 0 Å². The Balaban J connectivity index is 1.60. The van der Waals surface area contributed by atoms with Crippen LogP contribution in [-0.2, 0) is 6.54 Å². The Hall–Kier alpha value is -3.51. The Morgan fingerprint density at radius 1 is 1.07 bits per heavy atom. The van der Waals surface area contributed by atoms with E-state index in [0.29, 0.717) is 0 Å². The first-order valence-corrected chi connectivity index (χ1v) is 9.49. The van der Waals surface area contributed by atoms with Gasteiger partial charge in [-0.1, -0.05) is 30.3 Å². The minimum atomic E-state index is 0.266. The van der Waals surface area contributed by atoms with Gasteiger partial charge in [-0.25, -0.2) is 9.97 Å². The highest BCUT2D eigenvalue weighted by Crippen LogP contribution is 2.25. The minimum Gasteiger partial charge on any atom is -0.368 e. The molecule has 2 heterocycles. The van der Waals surface area contributed by atoms with Crippen molar-refractivity contribution in [2.75, 3.05) is 19.8 Å². The van der Waals surface area contributed by atoms with Gasteiger partial charge in [0.05, 0.1) is 16.9 Å². The van der Waals surface area contributed by atoms with Crippen LogP contribution in [0.25, 0.3) is 34.3 Å². The van der Waals surface area contributed by atoms with Crippen LogP contribution in [0, 0.1) is 6.92 Å². The fraction of sp³-hybridized carbons (Fsp3) is 0.174. The Morgan fingerprint density at radius 2 is 1.93 bits per heavy atom. The van der Waals surface area contributed by atoms with Gasteiger partial charge >= 0.3 is 0 Å². The highest BCUT2D eigenvalue weighted by atomic mass is 15.1. The van der Waals surface area contributed by atoms with E-state index < -0.39 is 0 Å². The summed E-state index contributed by atoms with van der Waals surface area (Å²) < 4.78 is 0. The third-order valence-electron chi connectivity index (χ3n) is 4.82. The molecule has 0 aliphatic heterocycles. The van der Waals surface area contributed by atoms with Crippen LogP contribution in [0.15, 0.2) is 48.7 Å². The maximum atomic E-state index is 5.70. The molecule has 3 N–H and O–H groups in total. The average molecular weight is 384 g/mol. The van der Waals surface area contributed by atoms with Crippen LogP contribution in [0.2, 0.25) is 0 Å². The van der Waals surface area contributed by atoms with Gasteiger partial charge in [-0.3, -0.25) is 5.10 Å². The van der Waals surface area contributed by atoms with E-state index in [4.69, 9.17) is 5.73 Å². The molecule has 0 amide bonds. The summed E-state index contributed by atoms with van der Waals surface area (Å²) >= 11 is 0. The maximum absolute atomic E-state index is 5.70. The van der Waals surface area contributed by atoms with E-state index in [1.165, 1.54) is 16.7 Å². The molecule has 146 valence electrons. The summed E-state index contributed by atoms with van der Waals surface area (Å²) in [5.74, 6) is 0.266. The lowest BCUT2D eigenvalue weighted by atomic mass is 10.0. The number of aryl methyl sites for hydroxylation is 1. The van der Waals surface area contributed by atoms with Gasteiger partial charge in [0.15, 0.2) is 0 Å². The molecule has 0 aliphatic rings. The highest BCUT2D eigenvalue weighted by Gasteiger charge is 2.07. The van der Waals surface area contributed by atoms with E-state index >= 15 is 0 Å². The van der Waals surface area contributed by atoms with Gasteiger partial charge in [0.1, 0.15) is 0 Å². The van der Waals surface area contributed by atoms with Crippen LogP contribution >= 0.6 is 0 Å². The summed E-state index contributed by atoms with van der Waals surface area (Å²) in [7, 11) is 4.16. The third-order valence-corrected chi connectivity index (χ3v) is 4.82. The number of hydrogen-bond donors (Lipinski definition) is 2. The van der Waals surface area contributed by atoms with Crippen molar-refractivity contribution >= 4 is 29.0 Å². The number of aromatic nitrogens is 4. The normalized spacial score (nSPS) is 11.7. The molecule has 0 saturated heterocycles. The fourth-order valence-corrected chi connectivity index (χ4v) is 3.42. The van der Waals surface area contributed by atoms with Crippen molar-refractivity contribution in [1.82, 2.24) is 25.1 Å². The molecule has 0 unspecified atom stereocenters. The first kappa shape index (κ1) is 18.8. The summed E-state index contributed by atoms with van der Waals surface area (Å²) in [6.07, 6.45) is 5.83. The number of H-pyrrole nitrogens is 1. The highest BCUT2D eigenvalue weighted by molar-refractivity contribution is 5.91. The lowest BCUT2D eigenvalue weighted by Crippen LogP contribution is -2.10. The smallest absolute Gasteiger partial charge is 0.220 e. The molecule has 0 bridgehead atoms. The van der Waals surface area contributed by atoms with Gasteiger partial charge in [0.2, 0.25) is 5.95 Å². The SMILES string of the molecule is Cc1cc(CN(C)C)ccc1C=Cc1n[nH]c2cc(-c3ccnc(N)n3)ccc12. The van der Waals surface area contributed by atoms with Gasteiger partial charge in [0, 0.05) is 23.7 Å². The molecular weight excluding hydrogens is 360 g/mol. The van der Waals surface area contributed by atoms with E-state index in [9.17, 15) is 0 Å². The first-order valence-electron chi connectivity index (χ1n) is 9.49. The zero-order valence-electron chi connectivity index (χ0n) is 16.8. The Labute approximate surface area is 170 Å². The third kappa shape index (κ3) is 4.17. The van der Waals surface area contributed by atoms with E-state index in [0.717, 1.165) is 34.4 Å². The summed E-state index contributed by atoms with van der Waals surface area (Å²) in [5, 5.41) is 8.65. The topological polar surface area (TPSA) is 83.7 Å². The molecular formula is C23H24N6. The van der Waals surface area contributed by atoms with Gasteiger partial charge in [0.25, 0.3) is 0 Å². The Bertz CT molecular complexity index is 1190. The molecule has 29 heavy (non-hydrogen) atoms. The lowest BCUT2D eigenvalue weighted by molar-refractivity contribution is 0.402.